The average molecular weight is 470 g/mol. The van der Waals surface area contributed by atoms with Crippen molar-refractivity contribution in [1.82, 2.24) is 5.43 Å². The van der Waals surface area contributed by atoms with Crippen molar-refractivity contribution in [3.05, 3.63) is 98.0 Å². The van der Waals surface area contributed by atoms with Crippen molar-refractivity contribution in [2.45, 2.75) is 16.7 Å². The second kappa shape index (κ2) is 9.49. The number of nitro groups is 1. The van der Waals surface area contributed by atoms with Crippen LogP contribution in [0.15, 0.2) is 86.1 Å². The van der Waals surface area contributed by atoms with Gasteiger partial charge in [-0.25, -0.2) is 5.43 Å². The molecule has 0 fully saturated rings. The molecule has 0 bridgehead atoms. The Morgan fingerprint density at radius 3 is 2.45 bits per heavy atom. The zero-order chi connectivity index (χ0) is 20.8. The van der Waals surface area contributed by atoms with E-state index in [1.165, 1.54) is 24.0 Å². The fourth-order valence-electron chi connectivity index (χ4n) is 2.41. The number of nitrogens with zero attached hydrogens (tertiary/aromatic N) is 2. The van der Waals surface area contributed by atoms with E-state index in [9.17, 15) is 14.9 Å². The highest BCUT2D eigenvalue weighted by molar-refractivity contribution is 9.10. The number of amides is 1. The second-order valence-corrected chi connectivity index (χ2v) is 8.14. The van der Waals surface area contributed by atoms with Crippen molar-refractivity contribution in [3.8, 4) is 0 Å². The van der Waals surface area contributed by atoms with E-state index in [1.807, 2.05) is 31.2 Å². The highest BCUT2D eigenvalue weighted by Gasteiger charge is 2.15. The first-order chi connectivity index (χ1) is 13.9. The minimum atomic E-state index is -0.422. The monoisotopic (exact) mass is 469 g/mol. The van der Waals surface area contributed by atoms with Crippen LogP contribution in [0.5, 0.6) is 0 Å². The molecular formula is C21H16BrN3O3S. The number of halogens is 1. The van der Waals surface area contributed by atoms with Crippen molar-refractivity contribution >= 4 is 45.5 Å². The molecule has 0 radical (unpaired) electrons. The minimum absolute atomic E-state index is 0.0150. The zero-order valence-corrected chi connectivity index (χ0v) is 17.7. The highest BCUT2D eigenvalue weighted by atomic mass is 79.9. The summed E-state index contributed by atoms with van der Waals surface area (Å²) in [6.45, 7) is 1.99. The molecule has 0 aliphatic heterocycles. The molecule has 0 aromatic heterocycles. The molecule has 8 heteroatoms. The van der Waals surface area contributed by atoms with E-state index in [0.29, 0.717) is 16.0 Å². The normalized spacial score (nSPS) is 10.8. The highest BCUT2D eigenvalue weighted by Crippen LogP contribution is 2.35. The van der Waals surface area contributed by atoms with Crippen molar-refractivity contribution in [2.24, 2.45) is 5.10 Å². The molecule has 29 heavy (non-hydrogen) atoms. The molecule has 1 N–H and O–H groups in total. The maximum Gasteiger partial charge on any atom is 0.283 e. The number of benzene rings is 3. The molecule has 3 rings (SSSR count). The lowest BCUT2D eigenvalue weighted by molar-refractivity contribution is -0.387. The maximum absolute atomic E-state index is 12.1. The Labute approximate surface area is 180 Å². The molecule has 0 spiro atoms. The van der Waals surface area contributed by atoms with Crippen LogP contribution in [0.2, 0.25) is 0 Å². The summed E-state index contributed by atoms with van der Waals surface area (Å²) in [5, 5.41) is 15.4. The minimum Gasteiger partial charge on any atom is -0.267 e. The van der Waals surface area contributed by atoms with Gasteiger partial charge < -0.3 is 0 Å². The Balaban J connectivity index is 1.73. The van der Waals surface area contributed by atoms with Crippen LogP contribution >= 0.6 is 27.7 Å². The van der Waals surface area contributed by atoms with Crippen LogP contribution in [0.1, 0.15) is 21.5 Å². The number of hydrazone groups is 1. The number of nitro benzene ring substituents is 1. The van der Waals surface area contributed by atoms with Crippen molar-refractivity contribution < 1.29 is 9.72 Å². The molecule has 0 atom stereocenters. The summed E-state index contributed by atoms with van der Waals surface area (Å²) in [5.74, 6) is -0.366. The predicted octanol–water partition coefficient (Wildman–Crippen LogP) is 5.58. The molecule has 0 aliphatic rings. The van der Waals surface area contributed by atoms with Gasteiger partial charge in [0.2, 0.25) is 0 Å². The third-order valence-electron chi connectivity index (χ3n) is 3.91. The van der Waals surface area contributed by atoms with Gasteiger partial charge in [-0.15, -0.1) is 0 Å². The van der Waals surface area contributed by atoms with Crippen LogP contribution in [0.25, 0.3) is 0 Å². The van der Waals surface area contributed by atoms with Crippen LogP contribution in [0.3, 0.4) is 0 Å². The van der Waals surface area contributed by atoms with Gasteiger partial charge >= 0.3 is 0 Å². The summed E-state index contributed by atoms with van der Waals surface area (Å²) in [6, 6.07) is 19.5. The molecule has 0 unspecified atom stereocenters. The molecule has 6 nitrogen and oxygen atoms in total. The van der Waals surface area contributed by atoms with Crippen LogP contribution < -0.4 is 5.43 Å². The molecule has 0 saturated heterocycles. The summed E-state index contributed by atoms with van der Waals surface area (Å²) in [5.41, 5.74) is 4.50. The van der Waals surface area contributed by atoms with Gasteiger partial charge in [0, 0.05) is 26.6 Å². The van der Waals surface area contributed by atoms with Crippen LogP contribution in [-0.4, -0.2) is 17.0 Å². The largest absolute Gasteiger partial charge is 0.283 e. The van der Waals surface area contributed by atoms with Crippen LogP contribution in [-0.2, 0) is 0 Å². The Kier molecular flexibility index (Phi) is 6.79. The number of carbonyl (C=O) groups excluding carboxylic acids is 1. The number of carbonyl (C=O) groups is 1. The first-order valence-corrected chi connectivity index (χ1v) is 10.2. The lowest BCUT2D eigenvalue weighted by atomic mass is 10.2. The van der Waals surface area contributed by atoms with Crippen LogP contribution in [0.4, 0.5) is 5.69 Å². The molecule has 3 aromatic carbocycles. The number of nitrogens with one attached hydrogen (secondary N) is 1. The molecule has 0 aliphatic carbocycles. The number of aryl methyl sites for hydroxylation is 1. The van der Waals surface area contributed by atoms with Gasteiger partial charge in [0.25, 0.3) is 11.6 Å². The Hall–Kier alpha value is -2.97. The van der Waals surface area contributed by atoms with Crippen molar-refractivity contribution in [3.63, 3.8) is 0 Å². The lowest BCUT2D eigenvalue weighted by Crippen LogP contribution is -2.17. The molecule has 3 aromatic rings. The van der Waals surface area contributed by atoms with Gasteiger partial charge in [-0.1, -0.05) is 51.5 Å². The van der Waals surface area contributed by atoms with Crippen molar-refractivity contribution in [2.75, 3.05) is 0 Å². The smallest absolute Gasteiger partial charge is 0.267 e. The SMILES string of the molecule is Cc1ccc(Sc2ccc(/C=N/NC(=O)c3ccc(Br)cc3)cc2[N+](=O)[O-])cc1. The first kappa shape index (κ1) is 20.8. The first-order valence-electron chi connectivity index (χ1n) is 8.54. The molecule has 0 saturated carbocycles. The van der Waals surface area contributed by atoms with E-state index in [4.69, 9.17) is 0 Å². The summed E-state index contributed by atoms with van der Waals surface area (Å²) in [7, 11) is 0. The Bertz CT molecular complexity index is 1070. The number of hydrogen-bond donors (Lipinski definition) is 1. The van der Waals surface area contributed by atoms with E-state index < -0.39 is 4.92 Å². The summed E-state index contributed by atoms with van der Waals surface area (Å²) in [6.07, 6.45) is 1.38. The van der Waals surface area contributed by atoms with E-state index in [2.05, 4.69) is 26.5 Å². The van der Waals surface area contributed by atoms with Gasteiger partial charge in [-0.2, -0.15) is 5.10 Å². The van der Waals surface area contributed by atoms with Crippen molar-refractivity contribution in [1.29, 1.82) is 0 Å². The third kappa shape index (κ3) is 5.75. The van der Waals surface area contributed by atoms with Gasteiger partial charge in [-0.3, -0.25) is 14.9 Å². The average Bonchev–Trinajstić information content (AvgIpc) is 2.71. The summed E-state index contributed by atoms with van der Waals surface area (Å²) < 4.78 is 0.869. The lowest BCUT2D eigenvalue weighted by Gasteiger charge is -2.05. The number of rotatable bonds is 6. The second-order valence-electron chi connectivity index (χ2n) is 6.11. The van der Waals surface area contributed by atoms with E-state index >= 15 is 0 Å². The van der Waals surface area contributed by atoms with Crippen LogP contribution in [0, 0.1) is 17.0 Å². The summed E-state index contributed by atoms with van der Waals surface area (Å²) >= 11 is 4.64. The number of hydrogen-bond acceptors (Lipinski definition) is 5. The van der Waals surface area contributed by atoms with E-state index in [-0.39, 0.29) is 11.6 Å². The Morgan fingerprint density at radius 1 is 1.10 bits per heavy atom. The zero-order valence-electron chi connectivity index (χ0n) is 15.3. The third-order valence-corrected chi connectivity index (χ3v) is 5.52. The fraction of sp³-hybridized carbons (Fsp3) is 0.0476. The summed E-state index contributed by atoms with van der Waals surface area (Å²) in [4.78, 5) is 24.6. The maximum atomic E-state index is 12.1. The fourth-order valence-corrected chi connectivity index (χ4v) is 3.57. The van der Waals surface area contributed by atoms with E-state index in [0.717, 1.165) is 14.9 Å². The standard InChI is InChI=1S/C21H16BrN3O3S/c1-14-2-9-18(10-3-14)29-20-11-4-15(12-19(20)25(27)28)13-23-24-21(26)16-5-7-17(22)8-6-16/h2-13H,1H3,(H,24,26)/b23-13+. The molecule has 0 heterocycles. The van der Waals surface area contributed by atoms with Gasteiger partial charge in [-0.05, 0) is 49.4 Å². The quantitative estimate of drug-likeness (QED) is 0.290. The van der Waals surface area contributed by atoms with E-state index in [1.54, 1.807) is 36.4 Å². The molecule has 146 valence electrons. The molecule has 1 amide bonds. The van der Waals surface area contributed by atoms with Gasteiger partial charge in [0.05, 0.1) is 16.0 Å². The predicted molar refractivity (Wildman–Crippen MR) is 118 cm³/mol. The van der Waals surface area contributed by atoms with Gasteiger partial charge in [0.1, 0.15) is 0 Å². The topological polar surface area (TPSA) is 84.6 Å². The molecular weight excluding hydrogens is 454 g/mol. The Morgan fingerprint density at radius 2 is 1.79 bits per heavy atom. The van der Waals surface area contributed by atoms with Gasteiger partial charge in [0.15, 0.2) is 0 Å².